The Bertz CT molecular complexity index is 1350. The van der Waals surface area contributed by atoms with Gasteiger partial charge in [-0.3, -0.25) is 15.1 Å². The van der Waals surface area contributed by atoms with Crippen LogP contribution in [0.3, 0.4) is 0 Å². The standard InChI is InChI=1S/C30H37N5O5/c1-19-15-21(17-23(16-19)40-14-11-35-9-12-39-13-10-35)29(36)33-22-6-5-20(2)25(18-22)26-8-7-24(28(32)34-26)27(31)30(37-3)38-4/h5-8,15-18,30-31H,9-14H2,1-4H3,(H2,32,34)(H,33,36). The number of nitrogens with two attached hydrogens (primary N) is 1. The van der Waals surface area contributed by atoms with Crippen LogP contribution >= 0.6 is 0 Å². The maximum atomic E-state index is 13.2. The van der Waals surface area contributed by atoms with Crippen LogP contribution in [0.25, 0.3) is 11.3 Å². The van der Waals surface area contributed by atoms with E-state index in [0.29, 0.717) is 34.9 Å². The Morgan fingerprint density at radius 3 is 2.55 bits per heavy atom. The second-order valence-electron chi connectivity index (χ2n) is 9.67. The maximum absolute atomic E-state index is 13.2. The largest absolute Gasteiger partial charge is 0.492 e. The lowest BCUT2D eigenvalue weighted by Crippen LogP contribution is -2.38. The van der Waals surface area contributed by atoms with Crippen molar-refractivity contribution >= 4 is 23.1 Å². The number of nitrogens with one attached hydrogen (secondary N) is 2. The normalized spacial score (nSPS) is 13.8. The van der Waals surface area contributed by atoms with Gasteiger partial charge in [-0.1, -0.05) is 6.07 Å². The molecule has 0 aliphatic carbocycles. The monoisotopic (exact) mass is 547 g/mol. The molecule has 0 unspecified atom stereocenters. The predicted molar refractivity (Wildman–Crippen MR) is 155 cm³/mol. The smallest absolute Gasteiger partial charge is 0.255 e. The number of methoxy groups -OCH3 is 2. The summed E-state index contributed by atoms with van der Waals surface area (Å²) in [5.41, 5.74) is 11.2. The van der Waals surface area contributed by atoms with Crippen molar-refractivity contribution in [2.24, 2.45) is 0 Å². The minimum Gasteiger partial charge on any atom is -0.492 e. The molecule has 1 fully saturated rings. The minimum absolute atomic E-state index is 0.0851. The summed E-state index contributed by atoms with van der Waals surface area (Å²) < 4.78 is 21.7. The maximum Gasteiger partial charge on any atom is 0.255 e. The molecule has 4 rings (SSSR count). The lowest BCUT2D eigenvalue weighted by atomic mass is 10.0. The summed E-state index contributed by atoms with van der Waals surface area (Å²) in [6.07, 6.45) is -0.840. The number of benzene rings is 2. The molecule has 1 amide bonds. The molecule has 0 saturated carbocycles. The Hall–Kier alpha value is -3.83. The summed E-state index contributed by atoms with van der Waals surface area (Å²) in [6, 6.07) is 14.7. The fourth-order valence-corrected chi connectivity index (χ4v) is 4.57. The van der Waals surface area contributed by atoms with Gasteiger partial charge in [0, 0.05) is 56.2 Å². The van der Waals surface area contributed by atoms with Crippen LogP contribution < -0.4 is 15.8 Å². The first kappa shape index (κ1) is 29.2. The third-order valence-electron chi connectivity index (χ3n) is 6.74. The highest BCUT2D eigenvalue weighted by molar-refractivity contribution is 6.05. The summed E-state index contributed by atoms with van der Waals surface area (Å²) in [4.78, 5) is 20.0. The number of rotatable bonds is 11. The van der Waals surface area contributed by atoms with Gasteiger partial charge in [-0.25, -0.2) is 4.98 Å². The molecule has 0 spiro atoms. The number of ether oxygens (including phenoxy) is 4. The Labute approximate surface area is 234 Å². The van der Waals surface area contributed by atoms with Gasteiger partial charge in [-0.05, 0) is 67.4 Å². The average Bonchev–Trinajstić information content (AvgIpc) is 2.95. The molecule has 0 bridgehead atoms. The number of aryl methyl sites for hydroxylation is 2. The van der Waals surface area contributed by atoms with Crippen LogP contribution in [-0.2, 0) is 14.2 Å². The summed E-state index contributed by atoms with van der Waals surface area (Å²) in [6.45, 7) is 8.56. The van der Waals surface area contributed by atoms with E-state index in [-0.39, 0.29) is 17.4 Å². The van der Waals surface area contributed by atoms with Crippen LogP contribution in [-0.4, -0.2) is 81.5 Å². The van der Waals surface area contributed by atoms with E-state index in [0.717, 1.165) is 49.5 Å². The number of morpholine rings is 1. The second kappa shape index (κ2) is 13.5. The molecule has 4 N–H and O–H groups in total. The van der Waals surface area contributed by atoms with Crippen molar-refractivity contribution in [1.82, 2.24) is 9.88 Å². The fourth-order valence-electron chi connectivity index (χ4n) is 4.57. The lowest BCUT2D eigenvalue weighted by molar-refractivity contribution is -0.0519. The highest BCUT2D eigenvalue weighted by Gasteiger charge is 2.19. The van der Waals surface area contributed by atoms with Crippen LogP contribution in [0.1, 0.15) is 27.0 Å². The molecule has 2 aromatic carbocycles. The van der Waals surface area contributed by atoms with Crippen molar-refractivity contribution in [2.45, 2.75) is 20.1 Å². The Balaban J connectivity index is 1.47. The molecule has 1 aliphatic heterocycles. The van der Waals surface area contributed by atoms with Gasteiger partial charge in [0.15, 0.2) is 0 Å². The Kier molecular flexibility index (Phi) is 9.84. The third-order valence-corrected chi connectivity index (χ3v) is 6.74. The van der Waals surface area contributed by atoms with Crippen LogP contribution in [0.4, 0.5) is 11.5 Å². The summed E-state index contributed by atoms with van der Waals surface area (Å²) >= 11 is 0. The fraction of sp³-hybridized carbons (Fsp3) is 0.367. The lowest BCUT2D eigenvalue weighted by Gasteiger charge is -2.26. The zero-order valence-electron chi connectivity index (χ0n) is 23.5. The topological polar surface area (TPSA) is 132 Å². The second-order valence-corrected chi connectivity index (χ2v) is 9.67. The number of amides is 1. The molecule has 2 heterocycles. The number of anilines is 2. The van der Waals surface area contributed by atoms with Crippen molar-refractivity contribution in [3.8, 4) is 17.0 Å². The number of carbonyl (C=O) groups is 1. The first-order valence-electron chi connectivity index (χ1n) is 13.2. The van der Waals surface area contributed by atoms with E-state index >= 15 is 0 Å². The number of pyridine rings is 1. The van der Waals surface area contributed by atoms with Gasteiger partial charge in [-0.2, -0.15) is 0 Å². The van der Waals surface area contributed by atoms with Gasteiger partial charge in [0.05, 0.1) is 24.6 Å². The molecule has 1 aromatic heterocycles. The van der Waals surface area contributed by atoms with Crippen LogP contribution in [0.5, 0.6) is 5.75 Å². The van der Waals surface area contributed by atoms with E-state index in [4.69, 9.17) is 30.1 Å². The van der Waals surface area contributed by atoms with E-state index in [1.807, 2.05) is 44.2 Å². The number of nitrogen functional groups attached to an aromatic ring is 1. The molecule has 0 atom stereocenters. The molecular formula is C30H37N5O5. The van der Waals surface area contributed by atoms with Gasteiger partial charge in [0.1, 0.15) is 18.2 Å². The zero-order valence-corrected chi connectivity index (χ0v) is 23.5. The van der Waals surface area contributed by atoms with Crippen LogP contribution in [0.15, 0.2) is 48.5 Å². The Morgan fingerprint density at radius 2 is 1.85 bits per heavy atom. The summed E-state index contributed by atoms with van der Waals surface area (Å²) in [5.74, 6) is 0.617. The first-order chi connectivity index (χ1) is 19.3. The van der Waals surface area contributed by atoms with Gasteiger partial charge in [0.2, 0.25) is 6.29 Å². The molecular weight excluding hydrogens is 510 g/mol. The van der Waals surface area contributed by atoms with Crippen molar-refractivity contribution in [2.75, 3.05) is 64.7 Å². The van der Waals surface area contributed by atoms with Crippen molar-refractivity contribution in [1.29, 1.82) is 5.41 Å². The number of hydrogen-bond donors (Lipinski definition) is 3. The zero-order chi connectivity index (χ0) is 28.6. The first-order valence-corrected chi connectivity index (χ1v) is 13.2. The molecule has 212 valence electrons. The van der Waals surface area contributed by atoms with Gasteiger partial charge in [0.25, 0.3) is 5.91 Å². The van der Waals surface area contributed by atoms with Crippen molar-refractivity contribution < 1.29 is 23.7 Å². The predicted octanol–water partition coefficient (Wildman–Crippen LogP) is 3.90. The number of nitrogens with zero attached hydrogens (tertiary/aromatic N) is 2. The molecule has 40 heavy (non-hydrogen) atoms. The molecule has 10 nitrogen and oxygen atoms in total. The highest BCUT2D eigenvalue weighted by Crippen LogP contribution is 2.28. The van der Waals surface area contributed by atoms with Gasteiger partial charge >= 0.3 is 0 Å². The van der Waals surface area contributed by atoms with E-state index in [2.05, 4.69) is 15.2 Å². The van der Waals surface area contributed by atoms with Gasteiger partial charge < -0.3 is 30.0 Å². The van der Waals surface area contributed by atoms with E-state index in [9.17, 15) is 4.79 Å². The molecule has 3 aromatic rings. The highest BCUT2D eigenvalue weighted by atomic mass is 16.7. The van der Waals surface area contributed by atoms with Gasteiger partial charge in [-0.15, -0.1) is 0 Å². The average molecular weight is 548 g/mol. The van der Waals surface area contributed by atoms with Crippen LogP contribution in [0.2, 0.25) is 0 Å². The number of hydrogen-bond acceptors (Lipinski definition) is 9. The summed E-state index contributed by atoms with van der Waals surface area (Å²) in [5, 5.41) is 11.3. The Morgan fingerprint density at radius 1 is 1.10 bits per heavy atom. The molecule has 1 aliphatic rings. The van der Waals surface area contributed by atoms with E-state index in [1.54, 1.807) is 18.2 Å². The van der Waals surface area contributed by atoms with E-state index < -0.39 is 6.29 Å². The molecule has 10 heteroatoms. The minimum atomic E-state index is -0.840. The molecule has 1 saturated heterocycles. The quantitative estimate of drug-likeness (QED) is 0.243. The van der Waals surface area contributed by atoms with E-state index in [1.165, 1.54) is 14.2 Å². The van der Waals surface area contributed by atoms with Crippen LogP contribution in [0, 0.1) is 19.3 Å². The van der Waals surface area contributed by atoms with Crippen molar-refractivity contribution in [3.05, 3.63) is 70.8 Å². The van der Waals surface area contributed by atoms with Crippen molar-refractivity contribution in [3.63, 3.8) is 0 Å². The number of carbonyl (C=O) groups excluding carboxylic acids is 1. The summed E-state index contributed by atoms with van der Waals surface area (Å²) in [7, 11) is 2.92. The molecule has 0 radical (unpaired) electrons. The number of aromatic nitrogens is 1. The SMILES string of the molecule is COC(OC)C(=N)c1ccc(-c2cc(NC(=O)c3cc(C)cc(OCCN4CCOCC4)c3)ccc2C)nc1N. The third kappa shape index (κ3) is 7.22.